The Morgan fingerprint density at radius 2 is 1.87 bits per heavy atom. The molecule has 6 nitrogen and oxygen atoms in total. The summed E-state index contributed by atoms with van der Waals surface area (Å²) in [4.78, 5) is 29.3. The van der Waals surface area contributed by atoms with Crippen molar-refractivity contribution in [2.24, 2.45) is 25.4 Å². The normalized spacial score (nSPS) is 18.6. The van der Waals surface area contributed by atoms with E-state index >= 15 is 0 Å². The summed E-state index contributed by atoms with van der Waals surface area (Å²) in [6.07, 6.45) is 7.32. The molecule has 23 heavy (non-hydrogen) atoms. The molecule has 0 saturated heterocycles. The molecule has 0 N–H and O–H groups in total. The van der Waals surface area contributed by atoms with Crippen LogP contribution in [-0.2, 0) is 20.6 Å². The molecule has 0 atom stereocenters. The molecule has 1 saturated carbocycles. The van der Waals surface area contributed by atoms with Crippen molar-refractivity contribution in [2.45, 2.75) is 52.5 Å². The zero-order valence-corrected chi connectivity index (χ0v) is 14.5. The van der Waals surface area contributed by atoms with Crippen LogP contribution in [0.15, 0.2) is 15.9 Å². The molecule has 2 heterocycles. The van der Waals surface area contributed by atoms with Crippen molar-refractivity contribution >= 4 is 11.2 Å². The van der Waals surface area contributed by atoms with Gasteiger partial charge >= 0.3 is 5.69 Å². The minimum absolute atomic E-state index is 0.223. The molecule has 2 aromatic heterocycles. The lowest BCUT2D eigenvalue weighted by atomic mass is 9.72. The van der Waals surface area contributed by atoms with E-state index in [1.807, 2.05) is 0 Å². The molecular formula is C17H26N4O2. The van der Waals surface area contributed by atoms with Gasteiger partial charge in [0.15, 0.2) is 11.2 Å². The van der Waals surface area contributed by atoms with Crippen molar-refractivity contribution in [3.05, 3.63) is 27.2 Å². The van der Waals surface area contributed by atoms with Crippen LogP contribution in [0.3, 0.4) is 0 Å². The van der Waals surface area contributed by atoms with E-state index < -0.39 is 0 Å². The van der Waals surface area contributed by atoms with Crippen molar-refractivity contribution < 1.29 is 0 Å². The number of hydrogen-bond acceptors (Lipinski definition) is 3. The molecular weight excluding hydrogens is 292 g/mol. The molecule has 1 aliphatic carbocycles. The topological polar surface area (TPSA) is 61.8 Å². The van der Waals surface area contributed by atoms with E-state index in [0.29, 0.717) is 29.0 Å². The summed E-state index contributed by atoms with van der Waals surface area (Å²) in [6.45, 7) is 5.14. The molecule has 3 rings (SSSR count). The number of imidazole rings is 1. The highest BCUT2D eigenvalue weighted by Crippen LogP contribution is 2.39. The molecule has 0 aromatic carbocycles. The fourth-order valence-electron chi connectivity index (χ4n) is 3.65. The van der Waals surface area contributed by atoms with Gasteiger partial charge in [0.1, 0.15) is 0 Å². The van der Waals surface area contributed by atoms with Crippen LogP contribution in [0, 0.1) is 11.3 Å². The van der Waals surface area contributed by atoms with Crippen LogP contribution in [0.1, 0.15) is 46.0 Å². The summed E-state index contributed by atoms with van der Waals surface area (Å²) < 4.78 is 4.54. The maximum absolute atomic E-state index is 12.6. The average molecular weight is 318 g/mol. The summed E-state index contributed by atoms with van der Waals surface area (Å²) in [6, 6.07) is 0. The van der Waals surface area contributed by atoms with Crippen LogP contribution < -0.4 is 11.2 Å². The number of aromatic nitrogens is 4. The summed E-state index contributed by atoms with van der Waals surface area (Å²) in [5, 5.41) is 0. The lowest BCUT2D eigenvalue weighted by Crippen LogP contribution is -2.40. The van der Waals surface area contributed by atoms with E-state index in [1.54, 1.807) is 25.0 Å². The number of rotatable bonds is 3. The van der Waals surface area contributed by atoms with Crippen LogP contribution in [-0.4, -0.2) is 18.7 Å². The first-order valence-electron chi connectivity index (χ1n) is 8.41. The van der Waals surface area contributed by atoms with Crippen molar-refractivity contribution in [2.75, 3.05) is 0 Å². The highest BCUT2D eigenvalue weighted by Gasteiger charge is 2.27. The van der Waals surface area contributed by atoms with Crippen LogP contribution in [0.25, 0.3) is 11.2 Å². The Balaban J connectivity index is 1.85. The zero-order chi connectivity index (χ0) is 16.8. The minimum Gasteiger partial charge on any atom is -0.328 e. The van der Waals surface area contributed by atoms with Gasteiger partial charge < -0.3 is 4.57 Å². The van der Waals surface area contributed by atoms with E-state index in [1.165, 1.54) is 34.8 Å². The molecule has 0 radical (unpaired) electrons. The van der Waals surface area contributed by atoms with E-state index in [-0.39, 0.29) is 11.2 Å². The molecule has 0 amide bonds. The number of aryl methyl sites for hydroxylation is 2. The standard InChI is InChI=1S/C17H26N4O2/c1-17(2)8-5-12(6-9-17)7-10-21-15(22)13-14(18-11-19(13)3)20(4)16(21)23/h11-12H,5-10H2,1-4H3. The monoisotopic (exact) mass is 318 g/mol. The van der Waals surface area contributed by atoms with Crippen LogP contribution in [0.5, 0.6) is 0 Å². The van der Waals surface area contributed by atoms with Crippen LogP contribution in [0.4, 0.5) is 0 Å². The predicted octanol–water partition coefficient (Wildman–Crippen LogP) is 2.04. The number of nitrogens with zero attached hydrogens (tertiary/aromatic N) is 4. The van der Waals surface area contributed by atoms with Gasteiger partial charge in [0.05, 0.1) is 6.33 Å². The molecule has 0 spiro atoms. The Morgan fingerprint density at radius 1 is 1.22 bits per heavy atom. The SMILES string of the molecule is Cn1cnc2c1c(=O)n(CCC1CCC(C)(C)CC1)c(=O)n2C. The third kappa shape index (κ3) is 2.86. The summed E-state index contributed by atoms with van der Waals surface area (Å²) in [5.41, 5.74) is 0.906. The van der Waals surface area contributed by atoms with Gasteiger partial charge in [0.25, 0.3) is 5.56 Å². The van der Waals surface area contributed by atoms with Crippen LogP contribution in [0.2, 0.25) is 0 Å². The predicted molar refractivity (Wildman–Crippen MR) is 90.6 cm³/mol. The van der Waals surface area contributed by atoms with Crippen molar-refractivity contribution in [3.8, 4) is 0 Å². The van der Waals surface area contributed by atoms with Gasteiger partial charge in [-0.3, -0.25) is 13.9 Å². The molecule has 6 heteroatoms. The van der Waals surface area contributed by atoms with Crippen LogP contribution >= 0.6 is 0 Å². The average Bonchev–Trinajstić information content (AvgIpc) is 2.88. The van der Waals surface area contributed by atoms with Gasteiger partial charge in [-0.25, -0.2) is 9.78 Å². The van der Waals surface area contributed by atoms with E-state index in [2.05, 4.69) is 18.8 Å². The third-order valence-corrected chi connectivity index (χ3v) is 5.42. The largest absolute Gasteiger partial charge is 0.332 e. The first-order valence-corrected chi connectivity index (χ1v) is 8.41. The fourth-order valence-corrected chi connectivity index (χ4v) is 3.65. The molecule has 0 unspecified atom stereocenters. The van der Waals surface area contributed by atoms with Crippen molar-refractivity contribution in [3.63, 3.8) is 0 Å². The highest BCUT2D eigenvalue weighted by atomic mass is 16.2. The summed E-state index contributed by atoms with van der Waals surface area (Å²) >= 11 is 0. The maximum atomic E-state index is 12.6. The Hall–Kier alpha value is -1.85. The van der Waals surface area contributed by atoms with Gasteiger partial charge in [-0.2, -0.15) is 0 Å². The molecule has 2 aromatic rings. The molecule has 1 aliphatic rings. The fraction of sp³-hybridized carbons (Fsp3) is 0.706. The molecule has 0 aliphatic heterocycles. The molecule has 0 bridgehead atoms. The first-order chi connectivity index (χ1) is 10.8. The Morgan fingerprint density at radius 3 is 2.52 bits per heavy atom. The van der Waals surface area contributed by atoms with E-state index in [0.717, 1.165) is 6.42 Å². The molecule has 1 fully saturated rings. The summed E-state index contributed by atoms with van der Waals surface area (Å²) in [7, 11) is 3.46. The van der Waals surface area contributed by atoms with Gasteiger partial charge in [0.2, 0.25) is 0 Å². The second kappa shape index (κ2) is 5.65. The third-order valence-electron chi connectivity index (χ3n) is 5.42. The number of hydrogen-bond donors (Lipinski definition) is 0. The number of fused-ring (bicyclic) bond motifs is 1. The van der Waals surface area contributed by atoms with Crippen molar-refractivity contribution in [1.82, 2.24) is 18.7 Å². The Kier molecular flexibility index (Phi) is 3.94. The second-order valence-corrected chi connectivity index (χ2v) is 7.72. The van der Waals surface area contributed by atoms with E-state index in [9.17, 15) is 9.59 Å². The second-order valence-electron chi connectivity index (χ2n) is 7.72. The smallest absolute Gasteiger partial charge is 0.328 e. The lowest BCUT2D eigenvalue weighted by molar-refractivity contribution is 0.180. The molecule has 126 valence electrons. The highest BCUT2D eigenvalue weighted by molar-refractivity contribution is 5.69. The van der Waals surface area contributed by atoms with E-state index in [4.69, 9.17) is 0 Å². The lowest BCUT2D eigenvalue weighted by Gasteiger charge is -2.34. The minimum atomic E-state index is -0.266. The summed E-state index contributed by atoms with van der Waals surface area (Å²) in [5.74, 6) is 0.613. The maximum Gasteiger partial charge on any atom is 0.332 e. The van der Waals surface area contributed by atoms with Gasteiger partial charge in [-0.15, -0.1) is 0 Å². The zero-order valence-electron chi connectivity index (χ0n) is 14.5. The van der Waals surface area contributed by atoms with Gasteiger partial charge in [0, 0.05) is 20.6 Å². The quantitative estimate of drug-likeness (QED) is 0.870. The Bertz CT molecular complexity index is 831. The Labute approximate surface area is 135 Å². The first kappa shape index (κ1) is 16.0. The van der Waals surface area contributed by atoms with Gasteiger partial charge in [-0.1, -0.05) is 13.8 Å². The van der Waals surface area contributed by atoms with Crippen molar-refractivity contribution in [1.29, 1.82) is 0 Å². The van der Waals surface area contributed by atoms with Gasteiger partial charge in [-0.05, 0) is 43.4 Å².